The van der Waals surface area contributed by atoms with E-state index >= 15 is 0 Å². The first-order valence-electron chi connectivity index (χ1n) is 4.29. The number of nitrogens with two attached hydrogens (primary N) is 1. The Kier molecular flexibility index (Phi) is 1.64. The molecule has 2 aliphatic rings. The fraction of sp³-hybridized carbons (Fsp3) is 0.750. The van der Waals surface area contributed by atoms with Crippen molar-refractivity contribution in [2.45, 2.75) is 18.1 Å². The molecule has 0 heterocycles. The lowest BCUT2D eigenvalue weighted by atomic mass is 9.90. The van der Waals surface area contributed by atoms with Crippen LogP contribution in [-0.2, 0) is 9.59 Å². The van der Waals surface area contributed by atoms with E-state index in [1.54, 1.807) is 0 Å². The van der Waals surface area contributed by atoms with E-state index in [2.05, 4.69) is 0 Å². The van der Waals surface area contributed by atoms with Crippen LogP contribution in [0, 0.1) is 17.8 Å². The van der Waals surface area contributed by atoms with Crippen LogP contribution in [0.1, 0.15) is 6.42 Å². The van der Waals surface area contributed by atoms with Gasteiger partial charge in [-0.25, -0.2) is 4.39 Å². The Morgan fingerprint density at radius 2 is 2.00 bits per heavy atom. The Bertz CT molecular complexity index is 320. The van der Waals surface area contributed by atoms with Crippen molar-refractivity contribution in [3.8, 4) is 0 Å². The van der Waals surface area contributed by atoms with Gasteiger partial charge in [-0.05, 0) is 12.3 Å². The monoisotopic (exact) mass is 203 g/mol. The molecule has 0 aliphatic heterocycles. The molecule has 5 nitrogen and oxygen atoms in total. The Labute approximate surface area is 78.7 Å². The minimum absolute atomic E-state index is 0.0512. The number of carboxylic acids is 2. The van der Waals surface area contributed by atoms with E-state index in [-0.39, 0.29) is 6.42 Å². The molecule has 0 bridgehead atoms. The largest absolute Gasteiger partial charge is 0.481 e. The second kappa shape index (κ2) is 2.44. The lowest BCUT2D eigenvalue weighted by Gasteiger charge is -2.24. The third kappa shape index (κ3) is 0.863. The molecule has 0 amide bonds. The van der Waals surface area contributed by atoms with Crippen LogP contribution < -0.4 is 5.73 Å². The van der Waals surface area contributed by atoms with Gasteiger partial charge in [0.25, 0.3) is 0 Å². The van der Waals surface area contributed by atoms with Crippen LogP contribution in [0.15, 0.2) is 0 Å². The highest BCUT2D eigenvalue weighted by Crippen LogP contribution is 2.62. The van der Waals surface area contributed by atoms with Gasteiger partial charge in [-0.2, -0.15) is 0 Å². The molecular formula is C8H10FNO4. The van der Waals surface area contributed by atoms with Gasteiger partial charge in [0.05, 0.1) is 5.92 Å². The third-order valence-corrected chi connectivity index (χ3v) is 3.37. The molecule has 2 aliphatic carbocycles. The lowest BCUT2D eigenvalue weighted by Crippen LogP contribution is -2.56. The molecule has 14 heavy (non-hydrogen) atoms. The fourth-order valence-corrected chi connectivity index (χ4v) is 2.57. The molecule has 78 valence electrons. The summed E-state index contributed by atoms with van der Waals surface area (Å²) in [4.78, 5) is 21.4. The van der Waals surface area contributed by atoms with E-state index in [0.29, 0.717) is 0 Å². The summed E-state index contributed by atoms with van der Waals surface area (Å²) in [5.41, 5.74) is 3.43. The van der Waals surface area contributed by atoms with Crippen molar-refractivity contribution in [3.05, 3.63) is 0 Å². The highest BCUT2D eigenvalue weighted by molar-refractivity contribution is 5.86. The molecule has 6 heteroatoms. The topological polar surface area (TPSA) is 101 Å². The maximum Gasteiger partial charge on any atom is 0.327 e. The van der Waals surface area contributed by atoms with E-state index in [0.717, 1.165) is 0 Å². The first kappa shape index (κ1) is 9.39. The van der Waals surface area contributed by atoms with Crippen molar-refractivity contribution in [2.24, 2.45) is 23.5 Å². The second-order valence-electron chi connectivity index (χ2n) is 4.00. The zero-order chi connectivity index (χ0) is 10.7. The fourth-order valence-electron chi connectivity index (χ4n) is 2.57. The first-order valence-corrected chi connectivity index (χ1v) is 4.29. The average Bonchev–Trinajstić information content (AvgIpc) is 2.70. The number of halogens is 1. The third-order valence-electron chi connectivity index (χ3n) is 3.37. The van der Waals surface area contributed by atoms with Gasteiger partial charge >= 0.3 is 11.9 Å². The van der Waals surface area contributed by atoms with Crippen molar-refractivity contribution in [1.29, 1.82) is 0 Å². The quantitative estimate of drug-likeness (QED) is 0.559. The maximum absolute atomic E-state index is 13.2. The van der Waals surface area contributed by atoms with Gasteiger partial charge in [0.2, 0.25) is 0 Å². The number of carbonyl (C=O) groups is 2. The van der Waals surface area contributed by atoms with Crippen LogP contribution in [0.2, 0.25) is 0 Å². The molecule has 2 rings (SSSR count). The van der Waals surface area contributed by atoms with Crippen LogP contribution in [0.4, 0.5) is 4.39 Å². The minimum Gasteiger partial charge on any atom is -0.481 e. The summed E-state index contributed by atoms with van der Waals surface area (Å²) in [6, 6.07) is 0. The summed E-state index contributed by atoms with van der Waals surface area (Å²) in [5.74, 6) is -4.44. The number of rotatable bonds is 2. The van der Waals surface area contributed by atoms with Gasteiger partial charge in [-0.3, -0.25) is 9.59 Å². The summed E-state index contributed by atoms with van der Waals surface area (Å²) in [6.07, 6.45) is -1.68. The van der Waals surface area contributed by atoms with Crippen LogP contribution in [-0.4, -0.2) is 33.9 Å². The minimum atomic E-state index is -1.99. The summed E-state index contributed by atoms with van der Waals surface area (Å²) < 4.78 is 13.2. The summed E-state index contributed by atoms with van der Waals surface area (Å²) in [6.45, 7) is 0. The normalized spacial score (nSPS) is 49.9. The maximum atomic E-state index is 13.2. The first-order chi connectivity index (χ1) is 6.40. The standard InChI is InChI=1S/C8H10FNO4/c9-3-1-2-4(6(11)12)5(2)8(3,10)7(13)14/h2-5H,1,10H2,(H,11,12)(H,13,14). The van der Waals surface area contributed by atoms with Gasteiger partial charge in [0.1, 0.15) is 11.7 Å². The Morgan fingerprint density at radius 3 is 2.43 bits per heavy atom. The van der Waals surface area contributed by atoms with E-state index in [1.165, 1.54) is 0 Å². The lowest BCUT2D eigenvalue weighted by molar-refractivity contribution is -0.147. The number of fused-ring (bicyclic) bond motifs is 1. The number of alkyl halides is 1. The molecule has 4 N–H and O–H groups in total. The molecular weight excluding hydrogens is 193 g/mol. The number of hydrogen-bond acceptors (Lipinski definition) is 3. The van der Waals surface area contributed by atoms with Gasteiger partial charge in [-0.15, -0.1) is 0 Å². The number of aliphatic carboxylic acids is 2. The van der Waals surface area contributed by atoms with Crippen molar-refractivity contribution in [3.63, 3.8) is 0 Å². The molecule has 2 fully saturated rings. The molecule has 0 radical (unpaired) electrons. The van der Waals surface area contributed by atoms with Gasteiger partial charge in [-0.1, -0.05) is 0 Å². The van der Waals surface area contributed by atoms with Gasteiger partial charge < -0.3 is 15.9 Å². The number of hydrogen-bond donors (Lipinski definition) is 3. The van der Waals surface area contributed by atoms with E-state index in [1.807, 2.05) is 0 Å². The zero-order valence-corrected chi connectivity index (χ0v) is 7.18. The second-order valence-corrected chi connectivity index (χ2v) is 4.00. The van der Waals surface area contributed by atoms with E-state index in [4.69, 9.17) is 15.9 Å². The summed E-state index contributed by atoms with van der Waals surface area (Å²) in [5, 5.41) is 17.5. The van der Waals surface area contributed by atoms with Crippen molar-refractivity contribution < 1.29 is 24.2 Å². The van der Waals surface area contributed by atoms with Crippen molar-refractivity contribution in [1.82, 2.24) is 0 Å². The number of carboxylic acid groups (broad SMARTS) is 2. The van der Waals surface area contributed by atoms with E-state index in [9.17, 15) is 14.0 Å². The Balaban J connectivity index is 2.26. The molecule has 5 unspecified atom stereocenters. The smallest absolute Gasteiger partial charge is 0.327 e. The van der Waals surface area contributed by atoms with Crippen LogP contribution in [0.5, 0.6) is 0 Å². The predicted molar refractivity (Wildman–Crippen MR) is 42.2 cm³/mol. The van der Waals surface area contributed by atoms with Crippen molar-refractivity contribution >= 4 is 11.9 Å². The highest BCUT2D eigenvalue weighted by Gasteiger charge is 2.74. The Morgan fingerprint density at radius 1 is 1.43 bits per heavy atom. The van der Waals surface area contributed by atoms with Crippen LogP contribution in [0.3, 0.4) is 0 Å². The predicted octanol–water partition coefficient (Wildman–Crippen LogP) is -0.543. The summed E-state index contributed by atoms with van der Waals surface area (Å²) in [7, 11) is 0. The Hall–Kier alpha value is -1.17. The van der Waals surface area contributed by atoms with Crippen molar-refractivity contribution in [2.75, 3.05) is 0 Å². The van der Waals surface area contributed by atoms with Gasteiger partial charge in [0.15, 0.2) is 0 Å². The molecule has 0 spiro atoms. The molecule has 0 saturated heterocycles. The highest BCUT2D eigenvalue weighted by atomic mass is 19.1. The molecule has 2 saturated carbocycles. The summed E-state index contributed by atoms with van der Waals surface area (Å²) >= 11 is 0. The zero-order valence-electron chi connectivity index (χ0n) is 7.18. The molecule has 5 atom stereocenters. The van der Waals surface area contributed by atoms with Crippen LogP contribution >= 0.6 is 0 Å². The van der Waals surface area contributed by atoms with Crippen LogP contribution in [0.25, 0.3) is 0 Å². The molecule has 0 aromatic heterocycles. The van der Waals surface area contributed by atoms with E-state index < -0.39 is 41.4 Å². The molecule has 0 aromatic rings. The SMILES string of the molecule is NC1(C(=O)O)C(F)CC2C(C(=O)O)C21. The molecule has 0 aromatic carbocycles. The van der Waals surface area contributed by atoms with Gasteiger partial charge in [0, 0.05) is 5.92 Å². The average molecular weight is 203 g/mol.